The zero-order valence-electron chi connectivity index (χ0n) is 11.9. The minimum atomic E-state index is -0.0243. The number of unbranched alkanes of at least 4 members (excludes halogenated alkanes) is 1. The van der Waals surface area contributed by atoms with Crippen LogP contribution in [-0.4, -0.2) is 10.5 Å². The molecule has 0 radical (unpaired) electrons. The van der Waals surface area contributed by atoms with E-state index < -0.39 is 0 Å². The van der Waals surface area contributed by atoms with Gasteiger partial charge in [-0.1, -0.05) is 26.2 Å². The van der Waals surface area contributed by atoms with Gasteiger partial charge in [-0.15, -0.1) is 0 Å². The highest BCUT2D eigenvalue weighted by Crippen LogP contribution is 2.34. The van der Waals surface area contributed by atoms with Crippen molar-refractivity contribution in [2.75, 3.05) is 0 Å². The summed E-state index contributed by atoms with van der Waals surface area (Å²) in [5.41, 5.74) is 7.67. The van der Waals surface area contributed by atoms with E-state index in [1.807, 2.05) is 6.20 Å². The second-order valence-electron chi connectivity index (χ2n) is 6.09. The topological polar surface area (TPSA) is 38.9 Å². The van der Waals surface area contributed by atoms with Crippen molar-refractivity contribution in [1.82, 2.24) is 4.98 Å². The average molecular weight is 325 g/mol. The molecule has 0 saturated heterocycles. The second-order valence-corrected chi connectivity index (χ2v) is 7.01. The Kier molecular flexibility index (Phi) is 5.40. The van der Waals surface area contributed by atoms with Gasteiger partial charge < -0.3 is 5.73 Å². The number of nitrogens with two attached hydrogens (primary N) is 1. The molecule has 0 bridgehead atoms. The average Bonchev–Trinajstić information content (AvgIpc) is 2.41. The van der Waals surface area contributed by atoms with Gasteiger partial charge in [0.15, 0.2) is 0 Å². The summed E-state index contributed by atoms with van der Waals surface area (Å²) in [6, 6.07) is 4.14. The van der Waals surface area contributed by atoms with Crippen molar-refractivity contribution in [3.05, 3.63) is 28.5 Å². The fourth-order valence-electron chi connectivity index (χ4n) is 3.08. The van der Waals surface area contributed by atoms with Crippen molar-refractivity contribution in [3.63, 3.8) is 0 Å². The summed E-state index contributed by atoms with van der Waals surface area (Å²) in [5, 5.41) is 0. The molecule has 1 aliphatic rings. The number of pyridine rings is 1. The molecule has 106 valence electrons. The van der Waals surface area contributed by atoms with Crippen LogP contribution in [0.3, 0.4) is 0 Å². The van der Waals surface area contributed by atoms with Gasteiger partial charge in [-0.05, 0) is 59.7 Å². The molecule has 1 aromatic rings. The molecule has 1 heterocycles. The van der Waals surface area contributed by atoms with Gasteiger partial charge >= 0.3 is 0 Å². The third kappa shape index (κ3) is 4.57. The summed E-state index contributed by atoms with van der Waals surface area (Å²) < 4.78 is 1.03. The quantitative estimate of drug-likeness (QED) is 0.868. The van der Waals surface area contributed by atoms with Crippen molar-refractivity contribution in [2.45, 2.75) is 63.8 Å². The molecular formula is C16H25BrN2. The van der Waals surface area contributed by atoms with Gasteiger partial charge in [-0.3, -0.25) is 4.98 Å². The minimum Gasteiger partial charge on any atom is -0.325 e. The zero-order valence-corrected chi connectivity index (χ0v) is 13.5. The largest absolute Gasteiger partial charge is 0.325 e. The molecule has 0 spiro atoms. The standard InChI is InChI=1S/C16H25BrN2/c1-2-3-4-13-7-9-16(18,10-8-13)11-15-6-5-14(17)12-19-15/h5-6,12-13H,2-4,7-11,18H2,1H3. The first-order valence-corrected chi connectivity index (χ1v) is 8.30. The van der Waals surface area contributed by atoms with Gasteiger partial charge in [0.25, 0.3) is 0 Å². The molecule has 1 aromatic heterocycles. The Hall–Kier alpha value is -0.410. The monoisotopic (exact) mass is 324 g/mol. The molecule has 0 unspecified atom stereocenters. The SMILES string of the molecule is CCCCC1CCC(N)(Cc2ccc(Br)cn2)CC1. The van der Waals surface area contributed by atoms with E-state index in [9.17, 15) is 0 Å². The molecule has 3 heteroatoms. The predicted octanol–water partition coefficient (Wildman–Crippen LogP) is 4.46. The Morgan fingerprint density at radius 3 is 2.68 bits per heavy atom. The van der Waals surface area contributed by atoms with Crippen LogP contribution >= 0.6 is 15.9 Å². The van der Waals surface area contributed by atoms with Crippen molar-refractivity contribution < 1.29 is 0 Å². The van der Waals surface area contributed by atoms with E-state index in [4.69, 9.17) is 5.73 Å². The molecule has 2 rings (SSSR count). The molecule has 0 atom stereocenters. The summed E-state index contributed by atoms with van der Waals surface area (Å²) in [5.74, 6) is 0.912. The molecule has 1 saturated carbocycles. The number of halogens is 1. The van der Waals surface area contributed by atoms with Gasteiger partial charge in [-0.2, -0.15) is 0 Å². The summed E-state index contributed by atoms with van der Waals surface area (Å²) in [6.45, 7) is 2.27. The van der Waals surface area contributed by atoms with Crippen LogP contribution in [-0.2, 0) is 6.42 Å². The fourth-order valence-corrected chi connectivity index (χ4v) is 3.32. The van der Waals surface area contributed by atoms with Crippen LogP contribution in [0.4, 0.5) is 0 Å². The number of hydrogen-bond acceptors (Lipinski definition) is 2. The zero-order chi connectivity index (χ0) is 13.7. The van der Waals surface area contributed by atoms with Crippen LogP contribution < -0.4 is 5.73 Å². The fraction of sp³-hybridized carbons (Fsp3) is 0.688. The van der Waals surface area contributed by atoms with E-state index in [0.29, 0.717) is 0 Å². The van der Waals surface area contributed by atoms with Gasteiger partial charge in [-0.25, -0.2) is 0 Å². The lowest BCUT2D eigenvalue weighted by atomic mass is 9.73. The highest BCUT2D eigenvalue weighted by atomic mass is 79.9. The molecule has 1 fully saturated rings. The lowest BCUT2D eigenvalue weighted by Crippen LogP contribution is -2.45. The molecular weight excluding hydrogens is 300 g/mol. The third-order valence-electron chi connectivity index (χ3n) is 4.39. The van der Waals surface area contributed by atoms with Gasteiger partial charge in [0, 0.05) is 28.3 Å². The summed E-state index contributed by atoms with van der Waals surface area (Å²) >= 11 is 3.42. The second kappa shape index (κ2) is 6.85. The van der Waals surface area contributed by atoms with E-state index in [2.05, 4.69) is 40.0 Å². The number of rotatable bonds is 5. The van der Waals surface area contributed by atoms with Gasteiger partial charge in [0.1, 0.15) is 0 Å². The van der Waals surface area contributed by atoms with Crippen molar-refractivity contribution in [3.8, 4) is 0 Å². The first-order valence-electron chi connectivity index (χ1n) is 7.50. The lowest BCUT2D eigenvalue weighted by molar-refractivity contribution is 0.220. The van der Waals surface area contributed by atoms with Crippen molar-refractivity contribution in [2.24, 2.45) is 11.7 Å². The Bertz CT molecular complexity index is 380. The van der Waals surface area contributed by atoms with E-state index in [1.165, 1.54) is 32.1 Å². The maximum Gasteiger partial charge on any atom is 0.0422 e. The van der Waals surface area contributed by atoms with E-state index >= 15 is 0 Å². The maximum atomic E-state index is 6.57. The Balaban J connectivity index is 1.85. The lowest BCUT2D eigenvalue weighted by Gasteiger charge is -2.37. The van der Waals surface area contributed by atoms with E-state index in [0.717, 1.165) is 35.3 Å². The van der Waals surface area contributed by atoms with Gasteiger partial charge in [0.05, 0.1) is 0 Å². The Labute approximate surface area is 125 Å². The summed E-state index contributed by atoms with van der Waals surface area (Å²) in [7, 11) is 0. The third-order valence-corrected chi connectivity index (χ3v) is 4.86. The van der Waals surface area contributed by atoms with Crippen molar-refractivity contribution in [1.29, 1.82) is 0 Å². The molecule has 2 N–H and O–H groups in total. The first kappa shape index (κ1) is 15.0. The Morgan fingerprint density at radius 2 is 2.11 bits per heavy atom. The molecule has 0 amide bonds. The van der Waals surface area contributed by atoms with Crippen LogP contribution in [0.5, 0.6) is 0 Å². The maximum absolute atomic E-state index is 6.57. The van der Waals surface area contributed by atoms with Crippen LogP contribution in [0, 0.1) is 5.92 Å². The Morgan fingerprint density at radius 1 is 1.37 bits per heavy atom. The predicted molar refractivity (Wildman–Crippen MR) is 84.0 cm³/mol. The smallest absolute Gasteiger partial charge is 0.0422 e. The normalized spacial score (nSPS) is 27.4. The summed E-state index contributed by atoms with van der Waals surface area (Å²) in [4.78, 5) is 4.46. The minimum absolute atomic E-state index is 0.0243. The van der Waals surface area contributed by atoms with E-state index in [-0.39, 0.29) is 5.54 Å². The molecule has 0 aromatic carbocycles. The van der Waals surface area contributed by atoms with Crippen LogP contribution in [0.2, 0.25) is 0 Å². The molecule has 19 heavy (non-hydrogen) atoms. The summed E-state index contributed by atoms with van der Waals surface area (Å²) in [6.07, 6.45) is 11.8. The van der Waals surface area contributed by atoms with Crippen LogP contribution in [0.1, 0.15) is 57.6 Å². The van der Waals surface area contributed by atoms with E-state index in [1.54, 1.807) is 0 Å². The number of hydrogen-bond donors (Lipinski definition) is 1. The molecule has 2 nitrogen and oxygen atoms in total. The molecule has 0 aliphatic heterocycles. The molecule has 1 aliphatic carbocycles. The van der Waals surface area contributed by atoms with Gasteiger partial charge in [0.2, 0.25) is 0 Å². The van der Waals surface area contributed by atoms with Crippen molar-refractivity contribution >= 4 is 15.9 Å². The number of nitrogens with zero attached hydrogens (tertiary/aromatic N) is 1. The highest BCUT2D eigenvalue weighted by Gasteiger charge is 2.31. The van der Waals surface area contributed by atoms with Crippen LogP contribution in [0.15, 0.2) is 22.8 Å². The van der Waals surface area contributed by atoms with Crippen LogP contribution in [0.25, 0.3) is 0 Å². The number of aromatic nitrogens is 1. The highest BCUT2D eigenvalue weighted by molar-refractivity contribution is 9.10. The first-order chi connectivity index (χ1) is 9.11.